The average Bonchev–Trinajstić information content (AvgIpc) is 3.44. The number of nitro benzene ring substituents is 1. The first-order valence-electron chi connectivity index (χ1n) is 9.50. The van der Waals surface area contributed by atoms with Crippen molar-refractivity contribution >= 4 is 28.5 Å². The summed E-state index contributed by atoms with van der Waals surface area (Å²) in [6.07, 6.45) is 2.72. The summed E-state index contributed by atoms with van der Waals surface area (Å²) in [7, 11) is 0. The zero-order chi connectivity index (χ0) is 23.5. The summed E-state index contributed by atoms with van der Waals surface area (Å²) < 4.78 is 7.64. The van der Waals surface area contributed by atoms with Crippen LogP contribution in [0, 0.1) is 20.2 Å². The Morgan fingerprint density at radius 2 is 1.85 bits per heavy atom. The molecule has 4 rings (SSSR count). The van der Waals surface area contributed by atoms with E-state index in [2.05, 4.69) is 15.4 Å². The Bertz CT molecular complexity index is 1420. The van der Waals surface area contributed by atoms with Gasteiger partial charge in [-0.3, -0.25) is 34.4 Å². The maximum atomic E-state index is 12.8. The minimum absolute atomic E-state index is 0.0432. The maximum absolute atomic E-state index is 12.8. The molecule has 0 aliphatic rings. The van der Waals surface area contributed by atoms with E-state index in [-0.39, 0.29) is 42.0 Å². The lowest BCUT2D eigenvalue weighted by Gasteiger charge is -2.07. The molecule has 14 nitrogen and oxygen atoms in total. The van der Waals surface area contributed by atoms with E-state index < -0.39 is 21.6 Å². The molecular formula is C19H15N7O7. The first-order valence-corrected chi connectivity index (χ1v) is 9.50. The molecule has 1 aromatic carbocycles. The number of fused-ring (bicyclic) bond motifs is 1. The fraction of sp³-hybridized carbons (Fsp3) is 0.158. The normalized spacial score (nSPS) is 10.9. The summed E-state index contributed by atoms with van der Waals surface area (Å²) in [5.74, 6) is -1.36. The molecule has 1 N–H and O–H groups in total. The van der Waals surface area contributed by atoms with Crippen LogP contribution < -0.4 is 10.9 Å². The van der Waals surface area contributed by atoms with E-state index in [4.69, 9.17) is 4.42 Å². The highest BCUT2D eigenvalue weighted by Gasteiger charge is 2.17. The summed E-state index contributed by atoms with van der Waals surface area (Å²) in [5, 5.41) is 28.3. The third-order valence-electron chi connectivity index (χ3n) is 4.73. The molecule has 33 heavy (non-hydrogen) atoms. The first kappa shape index (κ1) is 21.4. The van der Waals surface area contributed by atoms with Crippen molar-refractivity contribution in [1.82, 2.24) is 24.6 Å². The highest BCUT2D eigenvalue weighted by atomic mass is 16.6. The standard InChI is InChI=1S/C19H15N7O7/c27-18(15-5-6-16(33-15)26(31)32)20-7-8-24-17-14(9-22-24)19(28)23(11-21-17)10-12-1-3-13(4-2-12)25(29)30/h1-6,9,11H,7-8,10H2,(H,20,27). The number of amides is 1. The van der Waals surface area contributed by atoms with Crippen LogP contribution >= 0.6 is 0 Å². The zero-order valence-corrected chi connectivity index (χ0v) is 16.8. The highest BCUT2D eigenvalue weighted by Crippen LogP contribution is 2.15. The molecule has 0 radical (unpaired) electrons. The summed E-state index contributed by atoms with van der Waals surface area (Å²) in [5.41, 5.74) is 0.634. The second-order valence-corrected chi connectivity index (χ2v) is 6.86. The van der Waals surface area contributed by atoms with E-state index in [0.717, 1.165) is 6.07 Å². The van der Waals surface area contributed by atoms with Crippen molar-refractivity contribution in [2.45, 2.75) is 13.1 Å². The number of benzene rings is 1. The summed E-state index contributed by atoms with van der Waals surface area (Å²) >= 11 is 0. The fourth-order valence-corrected chi connectivity index (χ4v) is 3.10. The smallest absolute Gasteiger partial charge is 0.395 e. The number of carbonyl (C=O) groups is 1. The van der Waals surface area contributed by atoms with Crippen molar-refractivity contribution in [1.29, 1.82) is 0 Å². The molecule has 0 spiro atoms. The van der Waals surface area contributed by atoms with Crippen molar-refractivity contribution in [2.75, 3.05) is 6.54 Å². The van der Waals surface area contributed by atoms with Crippen LogP contribution in [-0.4, -0.2) is 41.6 Å². The van der Waals surface area contributed by atoms with Gasteiger partial charge in [0.05, 0.1) is 30.3 Å². The number of furan rings is 1. The first-order chi connectivity index (χ1) is 15.8. The molecular weight excluding hydrogens is 438 g/mol. The Morgan fingerprint density at radius 1 is 1.09 bits per heavy atom. The monoisotopic (exact) mass is 453 g/mol. The number of nitrogens with one attached hydrogen (secondary N) is 1. The van der Waals surface area contributed by atoms with Gasteiger partial charge in [0.2, 0.25) is 0 Å². The minimum Gasteiger partial charge on any atom is -0.395 e. The molecule has 4 aromatic rings. The van der Waals surface area contributed by atoms with Crippen molar-refractivity contribution in [2.24, 2.45) is 0 Å². The van der Waals surface area contributed by atoms with Gasteiger partial charge in [-0.1, -0.05) is 12.1 Å². The Labute approximate surface area is 183 Å². The molecule has 0 bridgehead atoms. The topological polar surface area (TPSA) is 181 Å². The molecule has 0 saturated heterocycles. The lowest BCUT2D eigenvalue weighted by Crippen LogP contribution is -2.27. The van der Waals surface area contributed by atoms with Gasteiger partial charge < -0.3 is 9.73 Å². The number of rotatable bonds is 8. The molecule has 14 heteroatoms. The molecule has 0 saturated carbocycles. The quantitative estimate of drug-likeness (QED) is 0.305. The van der Waals surface area contributed by atoms with Gasteiger partial charge in [0.25, 0.3) is 17.2 Å². The van der Waals surface area contributed by atoms with Crippen LogP contribution in [0.15, 0.2) is 58.1 Å². The van der Waals surface area contributed by atoms with Gasteiger partial charge >= 0.3 is 5.88 Å². The van der Waals surface area contributed by atoms with Crippen molar-refractivity contribution in [3.8, 4) is 0 Å². The van der Waals surface area contributed by atoms with E-state index in [9.17, 15) is 29.8 Å². The Kier molecular flexibility index (Phi) is 5.63. The summed E-state index contributed by atoms with van der Waals surface area (Å²) in [6.45, 7) is 0.477. The van der Waals surface area contributed by atoms with Gasteiger partial charge in [0, 0.05) is 18.7 Å². The van der Waals surface area contributed by atoms with Crippen LogP contribution in [-0.2, 0) is 13.1 Å². The van der Waals surface area contributed by atoms with Crippen LogP contribution in [0.2, 0.25) is 0 Å². The number of nitro groups is 2. The van der Waals surface area contributed by atoms with E-state index >= 15 is 0 Å². The van der Waals surface area contributed by atoms with Crippen molar-refractivity contribution < 1.29 is 19.1 Å². The van der Waals surface area contributed by atoms with Crippen LogP contribution in [0.4, 0.5) is 11.6 Å². The fourth-order valence-electron chi connectivity index (χ4n) is 3.10. The summed E-state index contributed by atoms with van der Waals surface area (Å²) in [4.78, 5) is 49.2. The highest BCUT2D eigenvalue weighted by molar-refractivity contribution is 5.91. The minimum atomic E-state index is -0.743. The van der Waals surface area contributed by atoms with Crippen LogP contribution in [0.1, 0.15) is 16.1 Å². The maximum Gasteiger partial charge on any atom is 0.433 e. The van der Waals surface area contributed by atoms with Crippen LogP contribution in [0.25, 0.3) is 11.0 Å². The molecule has 168 valence electrons. The largest absolute Gasteiger partial charge is 0.433 e. The lowest BCUT2D eigenvalue weighted by atomic mass is 10.2. The number of non-ortho nitro benzene ring substituents is 1. The number of hydrogen-bond acceptors (Lipinski definition) is 9. The average molecular weight is 453 g/mol. The zero-order valence-electron chi connectivity index (χ0n) is 16.8. The Hall–Kier alpha value is -4.88. The summed E-state index contributed by atoms with van der Waals surface area (Å²) in [6, 6.07) is 8.13. The second-order valence-electron chi connectivity index (χ2n) is 6.86. The van der Waals surface area contributed by atoms with Gasteiger partial charge in [-0.05, 0) is 11.6 Å². The molecule has 0 unspecified atom stereocenters. The number of nitrogens with zero attached hydrogens (tertiary/aromatic N) is 6. The Balaban J connectivity index is 1.43. The predicted octanol–water partition coefficient (Wildman–Crippen LogP) is 1.48. The lowest BCUT2D eigenvalue weighted by molar-refractivity contribution is -0.402. The van der Waals surface area contributed by atoms with Gasteiger partial charge in [0.1, 0.15) is 16.6 Å². The molecule has 3 heterocycles. The van der Waals surface area contributed by atoms with E-state index in [0.29, 0.717) is 11.2 Å². The molecule has 0 aliphatic carbocycles. The number of aromatic nitrogens is 4. The third-order valence-corrected chi connectivity index (χ3v) is 4.73. The van der Waals surface area contributed by atoms with Crippen molar-refractivity contribution in [3.63, 3.8) is 0 Å². The Morgan fingerprint density at radius 3 is 2.52 bits per heavy atom. The number of carbonyl (C=O) groups excluding carboxylic acids is 1. The van der Waals surface area contributed by atoms with Crippen LogP contribution in [0.5, 0.6) is 0 Å². The molecule has 0 aliphatic heterocycles. The molecule has 3 aromatic heterocycles. The van der Waals surface area contributed by atoms with E-state index in [1.54, 1.807) is 12.1 Å². The van der Waals surface area contributed by atoms with Gasteiger partial charge in [0.15, 0.2) is 11.4 Å². The van der Waals surface area contributed by atoms with E-state index in [1.807, 2.05) is 0 Å². The van der Waals surface area contributed by atoms with Gasteiger partial charge in [-0.2, -0.15) is 5.10 Å². The molecule has 0 atom stereocenters. The molecule has 0 fully saturated rings. The SMILES string of the molecule is O=C(NCCn1ncc2c(=O)n(Cc3ccc([N+](=O)[O-])cc3)cnc21)c1ccc([N+](=O)[O-])o1. The van der Waals surface area contributed by atoms with Crippen molar-refractivity contribution in [3.05, 3.63) is 90.8 Å². The molecule has 1 amide bonds. The predicted molar refractivity (Wildman–Crippen MR) is 112 cm³/mol. The van der Waals surface area contributed by atoms with Gasteiger partial charge in [-0.15, -0.1) is 0 Å². The van der Waals surface area contributed by atoms with Gasteiger partial charge in [-0.25, -0.2) is 9.67 Å². The van der Waals surface area contributed by atoms with E-state index in [1.165, 1.54) is 40.0 Å². The number of hydrogen-bond donors (Lipinski definition) is 1. The third kappa shape index (κ3) is 4.43. The second kappa shape index (κ2) is 8.70. The van der Waals surface area contributed by atoms with Crippen LogP contribution in [0.3, 0.4) is 0 Å².